The normalized spacial score (nSPS) is 13.6. The van der Waals surface area contributed by atoms with Gasteiger partial charge in [0.25, 0.3) is 0 Å². The largest absolute Gasteiger partial charge is 0.446 e. The maximum Gasteiger partial charge on any atom is 0.446 e. The molecule has 0 saturated carbocycles. The number of aromatic nitrogens is 4. The van der Waals surface area contributed by atoms with Crippen LogP contribution in [0.1, 0.15) is 6.92 Å². The van der Waals surface area contributed by atoms with Crippen molar-refractivity contribution in [3.63, 3.8) is 0 Å². The molecule has 2 heterocycles. The molecule has 3 rings (SSSR count). The van der Waals surface area contributed by atoms with Crippen LogP contribution < -0.4 is 10.5 Å². The number of nitrogens with zero attached hydrogens (tertiary/aromatic N) is 4. The first kappa shape index (κ1) is 19.9. The predicted octanol–water partition coefficient (Wildman–Crippen LogP) is 1.98. The van der Waals surface area contributed by atoms with Crippen LogP contribution in [0.4, 0.5) is 4.39 Å². The minimum Gasteiger partial charge on any atom is -0.295 e. The Labute approximate surface area is 166 Å². The smallest absolute Gasteiger partial charge is 0.295 e. The Balaban J connectivity index is 1.95. The lowest BCUT2D eigenvalue weighted by molar-refractivity contribution is 0.299. The topological polar surface area (TPSA) is 136 Å². The summed E-state index contributed by atoms with van der Waals surface area (Å²) in [7, 11) is 0. The van der Waals surface area contributed by atoms with Crippen molar-refractivity contribution in [1.82, 2.24) is 24.8 Å². The molecule has 1 aromatic carbocycles. The highest BCUT2D eigenvalue weighted by atomic mass is 79.9. The van der Waals surface area contributed by atoms with E-state index in [4.69, 9.17) is 13.7 Å². The highest BCUT2D eigenvalue weighted by Gasteiger charge is 2.24. The molecule has 0 aliphatic carbocycles. The monoisotopic (exact) mass is 479 g/mol. The second-order valence-corrected chi connectivity index (χ2v) is 8.22. The lowest BCUT2D eigenvalue weighted by Crippen LogP contribution is -2.24. The summed E-state index contributed by atoms with van der Waals surface area (Å²) in [5.41, 5.74) is 0.442. The zero-order valence-electron chi connectivity index (χ0n) is 13.5. The van der Waals surface area contributed by atoms with Crippen molar-refractivity contribution in [3.8, 4) is 17.2 Å². The van der Waals surface area contributed by atoms with E-state index in [0.29, 0.717) is 10.7 Å². The van der Waals surface area contributed by atoms with Gasteiger partial charge in [0.15, 0.2) is 10.7 Å². The summed E-state index contributed by atoms with van der Waals surface area (Å²) in [6.45, 7) is 1.99. The third kappa shape index (κ3) is 4.52. The van der Waals surface area contributed by atoms with E-state index >= 15 is 0 Å². The number of nitrogens with one attached hydrogen (secondary N) is 1. The van der Waals surface area contributed by atoms with Gasteiger partial charge in [0.05, 0.1) is 10.2 Å². The molecule has 10 nitrogen and oxygen atoms in total. The molecule has 2 unspecified atom stereocenters. The molecule has 14 heteroatoms. The van der Waals surface area contributed by atoms with E-state index in [1.807, 2.05) is 0 Å². The molecule has 0 aliphatic heterocycles. The highest BCUT2D eigenvalue weighted by molar-refractivity contribution is 9.10. The zero-order chi connectivity index (χ0) is 19.6. The summed E-state index contributed by atoms with van der Waals surface area (Å²) in [6.07, 6.45) is 0. The maximum absolute atomic E-state index is 13.5. The van der Waals surface area contributed by atoms with Crippen molar-refractivity contribution in [2.45, 2.75) is 17.2 Å². The van der Waals surface area contributed by atoms with Crippen LogP contribution in [-0.4, -0.2) is 40.6 Å². The Bertz CT molecular complexity index is 1040. The van der Waals surface area contributed by atoms with Gasteiger partial charge in [-0.15, -0.1) is 0 Å². The van der Waals surface area contributed by atoms with Gasteiger partial charge in [-0.3, -0.25) is 9.08 Å². The summed E-state index contributed by atoms with van der Waals surface area (Å²) in [5.74, 6) is -1.27. The van der Waals surface area contributed by atoms with Crippen molar-refractivity contribution in [2.75, 3.05) is 6.54 Å². The second kappa shape index (κ2) is 8.43. The maximum atomic E-state index is 13.5. The molecule has 0 aliphatic rings. The van der Waals surface area contributed by atoms with Crippen LogP contribution in [0, 0.1) is 5.82 Å². The molecule has 2 N–H and O–H groups in total. The zero-order valence-corrected chi connectivity index (χ0v) is 16.7. The van der Waals surface area contributed by atoms with Crippen LogP contribution in [0.15, 0.2) is 41.6 Å². The van der Waals surface area contributed by atoms with Gasteiger partial charge >= 0.3 is 5.76 Å². The Morgan fingerprint density at radius 2 is 2.22 bits per heavy atom. The number of halogens is 2. The van der Waals surface area contributed by atoms with Gasteiger partial charge in [-0.25, -0.2) is 27.3 Å². The number of hydrogen-bond acceptors (Lipinski definition) is 8. The van der Waals surface area contributed by atoms with Crippen LogP contribution in [0.2, 0.25) is 0 Å². The van der Waals surface area contributed by atoms with Crippen LogP contribution in [0.25, 0.3) is 17.2 Å². The number of benzene rings is 1. The Morgan fingerprint density at radius 1 is 1.44 bits per heavy atom. The van der Waals surface area contributed by atoms with Crippen molar-refractivity contribution in [3.05, 3.63) is 39.0 Å². The molecule has 0 spiro atoms. The van der Waals surface area contributed by atoms with Crippen molar-refractivity contribution >= 4 is 39.0 Å². The molecule has 0 radical (unpaired) electrons. The summed E-state index contributed by atoms with van der Waals surface area (Å²) < 4.78 is 46.1. The molecule has 27 heavy (non-hydrogen) atoms. The molecule has 2 atom stereocenters. The fourth-order valence-corrected chi connectivity index (χ4v) is 3.80. The molecular weight excluding hydrogens is 469 g/mol. The van der Waals surface area contributed by atoms with Crippen molar-refractivity contribution < 1.29 is 22.3 Å². The van der Waals surface area contributed by atoms with E-state index in [2.05, 4.69) is 36.1 Å². The van der Waals surface area contributed by atoms with E-state index in [-0.39, 0.29) is 27.8 Å². The molecular formula is C13H11BrFN5O5S2. The molecule has 0 amide bonds. The van der Waals surface area contributed by atoms with E-state index in [1.54, 1.807) is 6.92 Å². The standard InChI is InChI=1S/C13H11BrFN5O5S2/c1-6(5-16-27(22)23)26-12-10(17-25-19-12)11-18-24-13(21)20(11)7-2-3-9(15)8(14)4-7/h2-4,6,16H,5H2,1H3,(H,22,23). The van der Waals surface area contributed by atoms with Gasteiger partial charge in [-0.05, 0) is 44.4 Å². The van der Waals surface area contributed by atoms with E-state index in [9.17, 15) is 13.4 Å². The molecule has 0 bridgehead atoms. The lowest BCUT2D eigenvalue weighted by Gasteiger charge is -2.08. The van der Waals surface area contributed by atoms with E-state index in [0.717, 1.165) is 4.57 Å². The van der Waals surface area contributed by atoms with Gasteiger partial charge in [0, 0.05) is 11.8 Å². The highest BCUT2D eigenvalue weighted by Crippen LogP contribution is 2.31. The number of thioether (sulfide) groups is 1. The quantitative estimate of drug-likeness (QED) is 0.384. The van der Waals surface area contributed by atoms with Gasteiger partial charge in [-0.2, -0.15) is 0 Å². The van der Waals surface area contributed by atoms with Crippen molar-refractivity contribution in [2.24, 2.45) is 0 Å². The van der Waals surface area contributed by atoms with Crippen LogP contribution in [-0.2, 0) is 11.3 Å². The SMILES string of the molecule is CC(CNS(=O)O)Sc1nonc1-c1noc(=O)n1-c1ccc(F)c(Br)c1. The first-order chi connectivity index (χ1) is 12.9. The van der Waals surface area contributed by atoms with Crippen LogP contribution >= 0.6 is 27.7 Å². The Kier molecular flexibility index (Phi) is 6.21. The van der Waals surface area contributed by atoms with Gasteiger partial charge < -0.3 is 0 Å². The Morgan fingerprint density at radius 3 is 2.93 bits per heavy atom. The number of rotatable bonds is 7. The van der Waals surface area contributed by atoms with Crippen molar-refractivity contribution in [1.29, 1.82) is 0 Å². The minimum atomic E-state index is -2.14. The molecule has 2 aromatic heterocycles. The molecule has 3 aromatic rings. The molecule has 0 fully saturated rings. The van der Waals surface area contributed by atoms with E-state index < -0.39 is 22.8 Å². The van der Waals surface area contributed by atoms with Gasteiger partial charge in [0.1, 0.15) is 5.82 Å². The van der Waals surface area contributed by atoms with Gasteiger partial charge in [-0.1, -0.05) is 23.8 Å². The van der Waals surface area contributed by atoms with Crippen LogP contribution in [0.3, 0.4) is 0 Å². The van der Waals surface area contributed by atoms with Gasteiger partial charge in [0.2, 0.25) is 17.1 Å². The lowest BCUT2D eigenvalue weighted by atomic mass is 10.3. The second-order valence-electron chi connectivity index (χ2n) is 5.15. The average molecular weight is 480 g/mol. The predicted molar refractivity (Wildman–Crippen MR) is 97.1 cm³/mol. The van der Waals surface area contributed by atoms with Crippen LogP contribution in [0.5, 0.6) is 0 Å². The minimum absolute atomic E-state index is 0.0214. The fourth-order valence-electron chi connectivity index (χ4n) is 2.07. The third-order valence-corrected chi connectivity index (χ3v) is 5.32. The Hall–Kier alpha value is -1.87. The molecule has 144 valence electrons. The summed E-state index contributed by atoms with van der Waals surface area (Å²) in [6, 6.07) is 3.95. The van der Waals surface area contributed by atoms with E-state index in [1.165, 1.54) is 30.0 Å². The first-order valence-electron chi connectivity index (χ1n) is 7.25. The summed E-state index contributed by atoms with van der Waals surface area (Å²) >= 11 is 2.12. The fraction of sp³-hybridized carbons (Fsp3) is 0.231. The summed E-state index contributed by atoms with van der Waals surface area (Å²) in [4.78, 5) is 12.1. The number of hydrogen-bond donors (Lipinski definition) is 2. The average Bonchev–Trinajstić information content (AvgIpc) is 3.21. The third-order valence-electron chi connectivity index (χ3n) is 3.24. The molecule has 0 saturated heterocycles. The first-order valence-corrected chi connectivity index (χ1v) is 10.0. The summed E-state index contributed by atoms with van der Waals surface area (Å²) in [5, 5.41) is 11.4.